The summed E-state index contributed by atoms with van der Waals surface area (Å²) in [5.74, 6) is -0.647. The third-order valence-electron chi connectivity index (χ3n) is 5.97. The molecule has 0 spiro atoms. The van der Waals surface area contributed by atoms with E-state index in [4.69, 9.17) is 14.2 Å². The summed E-state index contributed by atoms with van der Waals surface area (Å²) in [7, 11) is 1.32. The molecular weight excluding hydrogens is 430 g/mol. The zero-order valence-corrected chi connectivity index (χ0v) is 18.6. The molecule has 0 saturated carbocycles. The smallest absolute Gasteiger partial charge is 0.355 e. The molecule has 6 nitrogen and oxygen atoms in total. The van der Waals surface area contributed by atoms with Crippen molar-refractivity contribution >= 4 is 16.9 Å². The Labute approximate surface area is 196 Å². The first-order chi connectivity index (χ1) is 16.7. The van der Waals surface area contributed by atoms with Gasteiger partial charge in [-0.1, -0.05) is 60.7 Å². The van der Waals surface area contributed by atoms with Gasteiger partial charge in [-0.15, -0.1) is 0 Å². The van der Waals surface area contributed by atoms with Gasteiger partial charge in [0.15, 0.2) is 5.43 Å². The number of pyridine rings is 1. The zero-order valence-electron chi connectivity index (χ0n) is 18.6. The number of esters is 1. The van der Waals surface area contributed by atoms with Crippen LogP contribution in [-0.4, -0.2) is 24.4 Å². The summed E-state index contributed by atoms with van der Waals surface area (Å²) in [6.45, 7) is 0.0641. The number of hydrogen-bond donors (Lipinski definition) is 0. The van der Waals surface area contributed by atoms with Gasteiger partial charge in [0.25, 0.3) is 0 Å². The number of carbonyl (C=O) groups is 1. The summed E-state index contributed by atoms with van der Waals surface area (Å²) in [4.78, 5) is 27.3. The van der Waals surface area contributed by atoms with E-state index in [2.05, 4.69) is 0 Å². The van der Waals surface area contributed by atoms with E-state index in [1.54, 1.807) is 10.6 Å². The molecule has 1 atom stereocenters. The Morgan fingerprint density at radius 2 is 1.65 bits per heavy atom. The highest BCUT2D eigenvalue weighted by Crippen LogP contribution is 2.34. The quantitative estimate of drug-likeness (QED) is 0.387. The lowest BCUT2D eigenvalue weighted by Gasteiger charge is -2.24. The van der Waals surface area contributed by atoms with E-state index in [1.807, 2.05) is 78.9 Å². The molecule has 34 heavy (non-hydrogen) atoms. The Bertz CT molecular complexity index is 1420. The van der Waals surface area contributed by atoms with E-state index < -0.39 is 11.9 Å². The van der Waals surface area contributed by atoms with E-state index in [1.165, 1.54) is 13.4 Å². The first kappa shape index (κ1) is 21.5. The molecule has 5 rings (SSSR count). The number of aromatic nitrogens is 1. The highest BCUT2D eigenvalue weighted by Gasteiger charge is 2.33. The van der Waals surface area contributed by atoms with E-state index in [-0.39, 0.29) is 17.9 Å². The molecule has 0 fully saturated rings. The summed E-state index contributed by atoms with van der Waals surface area (Å²) in [6, 6.07) is 26.5. The number of carbonyl (C=O) groups excluding carboxylic acids is 1. The van der Waals surface area contributed by atoms with Gasteiger partial charge in [0, 0.05) is 16.6 Å². The highest BCUT2D eigenvalue weighted by atomic mass is 16.7. The molecule has 1 aliphatic heterocycles. The maximum Gasteiger partial charge on any atom is 0.355 e. The van der Waals surface area contributed by atoms with Crippen molar-refractivity contribution in [2.24, 2.45) is 0 Å². The first-order valence-electron chi connectivity index (χ1n) is 11.0. The molecular formula is C28H23NO5. The fourth-order valence-electron chi connectivity index (χ4n) is 4.45. The third kappa shape index (κ3) is 3.83. The molecule has 2 heterocycles. The number of nitrogens with zero attached hydrogens (tertiary/aromatic N) is 1. The average Bonchev–Trinajstić information content (AvgIpc) is 3.43. The predicted molar refractivity (Wildman–Crippen MR) is 129 cm³/mol. The van der Waals surface area contributed by atoms with E-state index >= 15 is 0 Å². The Balaban J connectivity index is 1.87. The summed E-state index contributed by atoms with van der Waals surface area (Å²) in [5, 5.41) is 0.506. The second kappa shape index (κ2) is 9.27. The summed E-state index contributed by atoms with van der Waals surface area (Å²) >= 11 is 0. The van der Waals surface area contributed by atoms with Gasteiger partial charge in [0.1, 0.15) is 17.7 Å². The Kier molecular flexibility index (Phi) is 5.87. The molecule has 6 heteroatoms. The van der Waals surface area contributed by atoms with Crippen molar-refractivity contribution in [2.45, 2.75) is 12.3 Å². The Hall–Kier alpha value is -4.32. The van der Waals surface area contributed by atoms with Crippen molar-refractivity contribution in [3.8, 4) is 5.69 Å². The number of fused-ring (bicyclic) bond motifs is 1. The van der Waals surface area contributed by atoms with Gasteiger partial charge in [-0.05, 0) is 36.2 Å². The van der Waals surface area contributed by atoms with Crippen LogP contribution in [0.15, 0.2) is 102 Å². The van der Waals surface area contributed by atoms with Crippen LogP contribution in [-0.2, 0) is 20.6 Å². The van der Waals surface area contributed by atoms with E-state index in [0.717, 1.165) is 11.3 Å². The lowest BCUT2D eigenvalue weighted by molar-refractivity contribution is 0.0587. The van der Waals surface area contributed by atoms with Gasteiger partial charge in [0.2, 0.25) is 6.79 Å². The summed E-state index contributed by atoms with van der Waals surface area (Å²) in [5.41, 5.74) is 2.62. The van der Waals surface area contributed by atoms with Gasteiger partial charge in [0.05, 0.1) is 18.5 Å². The minimum absolute atomic E-state index is 0.0641. The maximum atomic E-state index is 14.0. The van der Waals surface area contributed by atoms with Gasteiger partial charge >= 0.3 is 5.97 Å². The van der Waals surface area contributed by atoms with E-state index in [9.17, 15) is 9.59 Å². The number of rotatable bonds is 6. The van der Waals surface area contributed by atoms with Crippen molar-refractivity contribution in [3.05, 3.63) is 124 Å². The van der Waals surface area contributed by atoms with Crippen LogP contribution in [0, 0.1) is 0 Å². The van der Waals surface area contributed by atoms with Gasteiger partial charge in [-0.25, -0.2) is 4.79 Å². The van der Waals surface area contributed by atoms with Crippen LogP contribution < -0.4 is 5.43 Å². The topological polar surface area (TPSA) is 66.8 Å². The molecule has 170 valence electrons. The highest BCUT2D eigenvalue weighted by molar-refractivity contribution is 5.95. The minimum Gasteiger partial charge on any atom is -0.464 e. The van der Waals surface area contributed by atoms with Gasteiger partial charge < -0.3 is 18.8 Å². The second-order valence-corrected chi connectivity index (χ2v) is 7.96. The SMILES string of the molecule is COC(=O)c1c(C(Cc2ccccc2)C2=COCO2)c(=O)c2ccccc2n1-c1ccccc1. The van der Waals surface area contributed by atoms with Crippen molar-refractivity contribution in [2.75, 3.05) is 13.9 Å². The monoisotopic (exact) mass is 453 g/mol. The van der Waals surface area contributed by atoms with Crippen molar-refractivity contribution in [3.63, 3.8) is 0 Å². The van der Waals surface area contributed by atoms with Crippen molar-refractivity contribution in [1.29, 1.82) is 0 Å². The number of benzene rings is 3. The van der Waals surface area contributed by atoms with Crippen LogP contribution in [0.5, 0.6) is 0 Å². The predicted octanol–water partition coefficient (Wildman–Crippen LogP) is 4.95. The second-order valence-electron chi connectivity index (χ2n) is 7.96. The first-order valence-corrected chi connectivity index (χ1v) is 11.0. The molecule has 0 aliphatic carbocycles. The molecule has 0 radical (unpaired) electrons. The van der Waals surface area contributed by atoms with Gasteiger partial charge in [-0.3, -0.25) is 4.79 Å². The third-order valence-corrected chi connectivity index (χ3v) is 5.97. The lowest BCUT2D eigenvalue weighted by atomic mass is 9.87. The zero-order chi connectivity index (χ0) is 23.5. The van der Waals surface area contributed by atoms with Crippen LogP contribution in [0.1, 0.15) is 27.5 Å². The largest absolute Gasteiger partial charge is 0.464 e. The number of allylic oxidation sites excluding steroid dienone is 1. The van der Waals surface area contributed by atoms with Crippen molar-refractivity contribution in [1.82, 2.24) is 4.57 Å². The van der Waals surface area contributed by atoms with Gasteiger partial charge in [-0.2, -0.15) is 0 Å². The molecule has 0 bridgehead atoms. The molecule has 1 unspecified atom stereocenters. The molecule has 1 aromatic heterocycles. The Morgan fingerprint density at radius 3 is 2.32 bits per heavy atom. The average molecular weight is 453 g/mol. The van der Waals surface area contributed by atoms with Crippen LogP contribution in [0.2, 0.25) is 0 Å². The molecule has 0 saturated heterocycles. The van der Waals surface area contributed by atoms with Crippen molar-refractivity contribution < 1.29 is 19.0 Å². The maximum absolute atomic E-state index is 14.0. The van der Waals surface area contributed by atoms with E-state index in [0.29, 0.717) is 28.6 Å². The van der Waals surface area contributed by atoms with Crippen LogP contribution in [0.3, 0.4) is 0 Å². The van der Waals surface area contributed by atoms with Crippen LogP contribution in [0.25, 0.3) is 16.6 Å². The van der Waals surface area contributed by atoms with Crippen LogP contribution in [0.4, 0.5) is 0 Å². The number of hydrogen-bond acceptors (Lipinski definition) is 5. The number of para-hydroxylation sites is 2. The number of methoxy groups -OCH3 is 1. The normalized spacial score (nSPS) is 13.6. The van der Waals surface area contributed by atoms with Crippen LogP contribution >= 0.6 is 0 Å². The molecule has 0 amide bonds. The number of ether oxygens (including phenoxy) is 3. The summed E-state index contributed by atoms with van der Waals surface area (Å²) < 4.78 is 18.1. The summed E-state index contributed by atoms with van der Waals surface area (Å²) in [6.07, 6.45) is 1.97. The lowest BCUT2D eigenvalue weighted by Crippen LogP contribution is -2.28. The molecule has 0 N–H and O–H groups in total. The Morgan fingerprint density at radius 1 is 0.971 bits per heavy atom. The standard InChI is InChI=1S/C28H23NO5/c1-32-28(31)26-25(22(24-17-33-18-34-24)16-19-10-4-2-5-11-19)27(30)21-14-8-9-15-23(21)29(26)20-12-6-3-7-13-20/h2-15,17,22H,16,18H2,1H3. The fraction of sp³-hybridized carbons (Fsp3) is 0.143. The minimum atomic E-state index is -0.598. The fourth-order valence-corrected chi connectivity index (χ4v) is 4.45. The molecule has 1 aliphatic rings. The molecule has 3 aromatic carbocycles. The molecule has 4 aromatic rings.